The van der Waals surface area contributed by atoms with Gasteiger partial charge < -0.3 is 10.9 Å². The second-order valence-electron chi connectivity index (χ2n) is 4.53. The maximum atomic E-state index is 8.93. The molecule has 1 heterocycles. The molecule has 0 aliphatic heterocycles. The van der Waals surface area contributed by atoms with Gasteiger partial charge in [0, 0.05) is 5.69 Å². The predicted octanol–water partition coefficient (Wildman–Crippen LogP) is 2.80. The highest BCUT2D eigenvalue weighted by atomic mass is 35.5. The maximum Gasteiger partial charge on any atom is 0.173 e. The molecule has 1 aromatic heterocycles. The molecule has 0 atom stereocenters. The van der Waals surface area contributed by atoms with E-state index in [1.54, 1.807) is 10.7 Å². The zero-order valence-corrected chi connectivity index (χ0v) is 12.4. The molecular weight excluding hydrogens is 276 g/mol. The fourth-order valence-electron chi connectivity index (χ4n) is 2.41. The second kappa shape index (κ2) is 5.54. The zero-order chi connectivity index (χ0) is 14.9. The third-order valence-electron chi connectivity index (χ3n) is 3.38. The van der Waals surface area contributed by atoms with Gasteiger partial charge in [0.25, 0.3) is 0 Å². The normalized spacial score (nSPS) is 11.9. The van der Waals surface area contributed by atoms with Crippen molar-refractivity contribution in [2.45, 2.75) is 27.2 Å². The Labute approximate surface area is 122 Å². The molecule has 20 heavy (non-hydrogen) atoms. The van der Waals surface area contributed by atoms with Crippen LogP contribution in [0, 0.1) is 13.8 Å². The van der Waals surface area contributed by atoms with E-state index in [4.69, 9.17) is 22.5 Å². The van der Waals surface area contributed by atoms with Crippen LogP contribution in [-0.2, 0) is 6.42 Å². The minimum atomic E-state index is -0.0313. The van der Waals surface area contributed by atoms with E-state index >= 15 is 0 Å². The molecular formula is C14H17ClN4O. The van der Waals surface area contributed by atoms with Gasteiger partial charge >= 0.3 is 0 Å². The molecule has 0 unspecified atom stereocenters. The van der Waals surface area contributed by atoms with Gasteiger partial charge in [-0.25, -0.2) is 4.68 Å². The number of hydrogen-bond donors (Lipinski definition) is 2. The van der Waals surface area contributed by atoms with Gasteiger partial charge in [0.15, 0.2) is 5.84 Å². The number of halogens is 1. The molecule has 0 amide bonds. The first-order chi connectivity index (χ1) is 9.51. The molecule has 0 fully saturated rings. The topological polar surface area (TPSA) is 76.4 Å². The van der Waals surface area contributed by atoms with Gasteiger partial charge in [-0.15, -0.1) is 0 Å². The molecule has 0 saturated heterocycles. The minimum absolute atomic E-state index is 0.0313. The summed E-state index contributed by atoms with van der Waals surface area (Å²) in [5, 5.41) is 16.9. The number of nitrogens with zero attached hydrogens (tertiary/aromatic N) is 3. The molecule has 0 aliphatic rings. The average molecular weight is 293 g/mol. The first-order valence-electron chi connectivity index (χ1n) is 6.33. The Balaban J connectivity index is 2.74. The first-order valence-corrected chi connectivity index (χ1v) is 6.70. The number of oxime groups is 1. The van der Waals surface area contributed by atoms with E-state index < -0.39 is 0 Å². The molecule has 5 nitrogen and oxygen atoms in total. The largest absolute Gasteiger partial charge is 0.409 e. The second-order valence-corrected chi connectivity index (χ2v) is 4.94. The fourth-order valence-corrected chi connectivity index (χ4v) is 2.68. The summed E-state index contributed by atoms with van der Waals surface area (Å²) in [6.07, 6.45) is 0.900. The van der Waals surface area contributed by atoms with Crippen LogP contribution in [0.3, 0.4) is 0 Å². The van der Waals surface area contributed by atoms with Crippen LogP contribution in [0.5, 0.6) is 0 Å². The molecule has 0 spiro atoms. The third-order valence-corrected chi connectivity index (χ3v) is 3.69. The molecule has 1 aromatic carbocycles. The van der Waals surface area contributed by atoms with Crippen molar-refractivity contribution in [1.82, 2.24) is 9.78 Å². The van der Waals surface area contributed by atoms with Crippen molar-refractivity contribution in [3.8, 4) is 5.69 Å². The number of aryl methyl sites for hydroxylation is 1. The van der Waals surface area contributed by atoms with E-state index in [1.165, 1.54) is 5.56 Å². The number of benzene rings is 1. The fraction of sp³-hybridized carbons (Fsp3) is 0.286. The minimum Gasteiger partial charge on any atom is -0.409 e. The van der Waals surface area contributed by atoms with Crippen molar-refractivity contribution in [2.24, 2.45) is 10.9 Å². The smallest absolute Gasteiger partial charge is 0.173 e. The summed E-state index contributed by atoms with van der Waals surface area (Å²) in [4.78, 5) is 0. The van der Waals surface area contributed by atoms with Crippen LogP contribution < -0.4 is 5.73 Å². The van der Waals surface area contributed by atoms with Gasteiger partial charge in [-0.3, -0.25) is 0 Å². The van der Waals surface area contributed by atoms with Crippen molar-refractivity contribution in [3.05, 3.63) is 45.7 Å². The van der Waals surface area contributed by atoms with Crippen LogP contribution in [0.15, 0.2) is 23.4 Å². The summed E-state index contributed by atoms with van der Waals surface area (Å²) in [7, 11) is 0. The average Bonchev–Trinajstić information content (AvgIpc) is 2.72. The van der Waals surface area contributed by atoms with Crippen LogP contribution in [-0.4, -0.2) is 20.8 Å². The molecule has 2 rings (SSSR count). The van der Waals surface area contributed by atoms with E-state index in [2.05, 4.69) is 17.2 Å². The summed E-state index contributed by atoms with van der Waals surface area (Å²) in [6, 6.07) is 5.36. The van der Waals surface area contributed by atoms with E-state index in [1.807, 2.05) is 26.0 Å². The third kappa shape index (κ3) is 2.25. The van der Waals surface area contributed by atoms with E-state index in [9.17, 15) is 0 Å². The van der Waals surface area contributed by atoms with Gasteiger partial charge in [0.1, 0.15) is 0 Å². The summed E-state index contributed by atoms with van der Waals surface area (Å²) in [6.45, 7) is 6.05. The van der Waals surface area contributed by atoms with Crippen LogP contribution >= 0.6 is 11.6 Å². The van der Waals surface area contributed by atoms with Crippen LogP contribution in [0.4, 0.5) is 0 Å². The quantitative estimate of drug-likeness (QED) is 0.395. The maximum absolute atomic E-state index is 8.93. The Morgan fingerprint density at radius 3 is 2.70 bits per heavy atom. The van der Waals surface area contributed by atoms with Crippen LogP contribution in [0.2, 0.25) is 5.02 Å². The van der Waals surface area contributed by atoms with Gasteiger partial charge in [-0.2, -0.15) is 5.10 Å². The highest BCUT2D eigenvalue weighted by molar-refractivity contribution is 6.34. The van der Waals surface area contributed by atoms with Crippen molar-refractivity contribution in [3.63, 3.8) is 0 Å². The Kier molecular flexibility index (Phi) is 3.99. The summed E-state index contributed by atoms with van der Waals surface area (Å²) in [5.74, 6) is -0.0313. The Bertz CT molecular complexity index is 676. The van der Waals surface area contributed by atoms with E-state index in [-0.39, 0.29) is 5.84 Å². The summed E-state index contributed by atoms with van der Waals surface area (Å²) >= 11 is 6.17. The standard InChI is InChI=1S/C14H17ClN4O/c1-4-10-8(2)17-19(9(10)3)12-7-5-6-11(15)13(12)14(16)18-20/h5-7,20H,4H2,1-3H3,(H2,16,18). The van der Waals surface area contributed by atoms with Crippen molar-refractivity contribution in [1.29, 1.82) is 0 Å². The number of aromatic nitrogens is 2. The Morgan fingerprint density at radius 1 is 1.45 bits per heavy atom. The first kappa shape index (κ1) is 14.4. The number of nitrogens with two attached hydrogens (primary N) is 1. The van der Waals surface area contributed by atoms with Gasteiger partial charge in [-0.1, -0.05) is 29.7 Å². The molecule has 0 aliphatic carbocycles. The highest BCUT2D eigenvalue weighted by Crippen LogP contribution is 2.26. The molecule has 0 bridgehead atoms. The van der Waals surface area contributed by atoms with Crippen LogP contribution in [0.25, 0.3) is 5.69 Å². The molecule has 0 saturated carbocycles. The van der Waals surface area contributed by atoms with E-state index in [0.29, 0.717) is 16.3 Å². The van der Waals surface area contributed by atoms with Gasteiger partial charge in [-0.05, 0) is 38.0 Å². The molecule has 3 N–H and O–H groups in total. The van der Waals surface area contributed by atoms with E-state index in [0.717, 1.165) is 17.8 Å². The Hall–Kier alpha value is -2.01. The molecule has 0 radical (unpaired) electrons. The molecule has 6 heteroatoms. The van der Waals surface area contributed by atoms with Crippen molar-refractivity contribution < 1.29 is 5.21 Å². The molecule has 106 valence electrons. The summed E-state index contributed by atoms with van der Waals surface area (Å²) in [5.41, 5.74) is 10.1. The van der Waals surface area contributed by atoms with Crippen molar-refractivity contribution >= 4 is 17.4 Å². The monoisotopic (exact) mass is 292 g/mol. The van der Waals surface area contributed by atoms with Crippen molar-refractivity contribution in [2.75, 3.05) is 0 Å². The highest BCUT2D eigenvalue weighted by Gasteiger charge is 2.17. The lowest BCUT2D eigenvalue weighted by atomic mass is 10.1. The number of rotatable bonds is 3. The van der Waals surface area contributed by atoms with Crippen LogP contribution in [0.1, 0.15) is 29.4 Å². The van der Waals surface area contributed by atoms with Gasteiger partial charge in [0.2, 0.25) is 0 Å². The SMILES string of the molecule is CCc1c(C)nn(-c2cccc(Cl)c2C(N)=NO)c1C. The number of amidine groups is 1. The lowest BCUT2D eigenvalue weighted by molar-refractivity contribution is 0.318. The zero-order valence-electron chi connectivity index (χ0n) is 11.7. The van der Waals surface area contributed by atoms with Gasteiger partial charge in [0.05, 0.1) is 22.0 Å². The molecule has 2 aromatic rings. The lowest BCUT2D eigenvalue weighted by Crippen LogP contribution is -2.18. The summed E-state index contributed by atoms with van der Waals surface area (Å²) < 4.78 is 1.79. The predicted molar refractivity (Wildman–Crippen MR) is 79.9 cm³/mol. The lowest BCUT2D eigenvalue weighted by Gasteiger charge is -2.12. The Morgan fingerprint density at radius 2 is 2.15 bits per heavy atom. The number of hydrogen-bond acceptors (Lipinski definition) is 3.